The Labute approximate surface area is 243 Å². The van der Waals surface area contributed by atoms with Crippen molar-refractivity contribution in [1.82, 2.24) is 5.32 Å². The minimum Gasteiger partial charge on any atom is -0.363 e. The van der Waals surface area contributed by atoms with Crippen LogP contribution >= 0.6 is 0 Å². The number of allylic oxidation sites excluding steroid dienone is 3. The summed E-state index contributed by atoms with van der Waals surface area (Å²) in [6, 6.07) is 12.6. The summed E-state index contributed by atoms with van der Waals surface area (Å²) in [6.07, 6.45) is 9.07. The lowest BCUT2D eigenvalue weighted by Gasteiger charge is -2.25. The SMILES string of the molecule is C=CC/N=C(/N[C@H](C)c1cccc(C#N)c1C)c1cc(C(=C)C(C)CC2CCCC(=C)CC2)c(C)cc1C(=C)C. The highest BCUT2D eigenvalue weighted by atomic mass is 15.0. The largest absolute Gasteiger partial charge is 0.363 e. The first kappa shape index (κ1) is 30.9. The van der Waals surface area contributed by atoms with Crippen LogP contribution in [0.3, 0.4) is 0 Å². The topological polar surface area (TPSA) is 48.2 Å². The molecule has 2 aromatic rings. The standard InChI is InChI=1S/C37H47N3/c1-10-19-39-37(40-30(9)33-16-12-15-32(23-38)29(33)8)36-22-35(27(6)21-34(36)24(2)3)28(7)26(5)20-31-14-11-13-25(4)17-18-31/h10,12,15-16,21-22,26,30-31H,1-2,4,7,11,13-14,17-20H2,3,5-6,8-9H3,(H,39,40)/t26?,30-,31?/m1/s1. The summed E-state index contributed by atoms with van der Waals surface area (Å²) in [7, 11) is 0. The molecule has 0 saturated heterocycles. The van der Waals surface area contributed by atoms with E-state index < -0.39 is 0 Å². The van der Waals surface area contributed by atoms with E-state index in [-0.39, 0.29) is 6.04 Å². The molecule has 1 aliphatic rings. The molecule has 0 amide bonds. The summed E-state index contributed by atoms with van der Waals surface area (Å²) in [5.41, 5.74) is 10.8. The third-order valence-electron chi connectivity index (χ3n) is 8.45. The van der Waals surface area contributed by atoms with Crippen molar-refractivity contribution in [2.75, 3.05) is 6.54 Å². The summed E-state index contributed by atoms with van der Waals surface area (Å²) < 4.78 is 0. The fraction of sp³-hybridized carbons (Fsp3) is 0.405. The number of hydrogen-bond donors (Lipinski definition) is 1. The third kappa shape index (κ3) is 7.51. The van der Waals surface area contributed by atoms with Gasteiger partial charge in [-0.2, -0.15) is 5.26 Å². The van der Waals surface area contributed by atoms with E-state index in [1.165, 1.54) is 48.0 Å². The van der Waals surface area contributed by atoms with Gasteiger partial charge in [-0.1, -0.05) is 68.5 Å². The molecule has 3 rings (SSSR count). The van der Waals surface area contributed by atoms with Crippen LogP contribution in [0.5, 0.6) is 0 Å². The van der Waals surface area contributed by atoms with E-state index in [9.17, 15) is 5.26 Å². The maximum atomic E-state index is 9.55. The predicted molar refractivity (Wildman–Crippen MR) is 173 cm³/mol. The van der Waals surface area contributed by atoms with E-state index in [2.05, 4.69) is 76.7 Å². The average Bonchev–Trinajstić information content (AvgIpc) is 3.13. The Bertz CT molecular complexity index is 1350. The van der Waals surface area contributed by atoms with E-state index in [0.717, 1.165) is 52.4 Å². The highest BCUT2D eigenvalue weighted by molar-refractivity contribution is 6.04. The number of nitrogens with one attached hydrogen (secondary N) is 1. The second kappa shape index (κ2) is 14.1. The summed E-state index contributed by atoms with van der Waals surface area (Å²) in [5.74, 6) is 1.91. The minimum atomic E-state index is -0.0493. The Hall–Kier alpha value is -3.64. The van der Waals surface area contributed by atoms with Crippen molar-refractivity contribution in [3.8, 4) is 6.07 Å². The molecular formula is C37H47N3. The molecule has 1 N–H and O–H groups in total. The molecule has 1 fully saturated rings. The van der Waals surface area contributed by atoms with Crippen LogP contribution in [0, 0.1) is 37.0 Å². The molecule has 1 saturated carbocycles. The van der Waals surface area contributed by atoms with Crippen LogP contribution < -0.4 is 5.32 Å². The fourth-order valence-electron chi connectivity index (χ4n) is 5.96. The zero-order valence-corrected chi connectivity index (χ0v) is 25.4. The lowest BCUT2D eigenvalue weighted by molar-refractivity contribution is 0.394. The molecule has 2 unspecified atom stereocenters. The van der Waals surface area contributed by atoms with Crippen molar-refractivity contribution in [1.29, 1.82) is 5.26 Å². The molecule has 3 heteroatoms. The average molecular weight is 534 g/mol. The number of nitrogens with zero attached hydrogens (tertiary/aromatic N) is 2. The van der Waals surface area contributed by atoms with Gasteiger partial charge in [0.15, 0.2) is 0 Å². The van der Waals surface area contributed by atoms with Crippen molar-refractivity contribution in [2.24, 2.45) is 16.8 Å². The Morgan fingerprint density at radius 1 is 1.12 bits per heavy atom. The van der Waals surface area contributed by atoms with Gasteiger partial charge in [0.2, 0.25) is 0 Å². The van der Waals surface area contributed by atoms with E-state index in [0.29, 0.717) is 18.0 Å². The second-order valence-corrected chi connectivity index (χ2v) is 11.7. The fourth-order valence-corrected chi connectivity index (χ4v) is 5.96. The number of nitriles is 1. The molecule has 3 nitrogen and oxygen atoms in total. The summed E-state index contributed by atoms with van der Waals surface area (Å²) in [6.45, 7) is 28.2. The summed E-state index contributed by atoms with van der Waals surface area (Å²) in [5, 5.41) is 13.2. The Balaban J connectivity index is 1.99. The molecule has 40 heavy (non-hydrogen) atoms. The highest BCUT2D eigenvalue weighted by Crippen LogP contribution is 2.36. The molecule has 0 heterocycles. The quantitative estimate of drug-likeness (QED) is 0.143. The maximum Gasteiger partial charge on any atom is 0.129 e. The molecule has 210 valence electrons. The number of benzene rings is 2. The number of aryl methyl sites for hydroxylation is 1. The molecule has 0 radical (unpaired) electrons. The molecule has 0 aromatic heterocycles. The molecular weight excluding hydrogens is 486 g/mol. The Kier molecular flexibility index (Phi) is 10.9. The van der Waals surface area contributed by atoms with Gasteiger partial charge in [0, 0.05) is 5.56 Å². The third-order valence-corrected chi connectivity index (χ3v) is 8.45. The molecule has 0 bridgehead atoms. The van der Waals surface area contributed by atoms with Gasteiger partial charge in [0.05, 0.1) is 24.2 Å². The number of aliphatic imine (C=N–C) groups is 1. The molecule has 3 atom stereocenters. The molecule has 1 aliphatic carbocycles. The van der Waals surface area contributed by atoms with Crippen LogP contribution in [0.2, 0.25) is 0 Å². The van der Waals surface area contributed by atoms with E-state index >= 15 is 0 Å². The van der Waals surface area contributed by atoms with Gasteiger partial charge in [0.25, 0.3) is 0 Å². The molecule has 0 spiro atoms. The number of amidine groups is 1. The first-order chi connectivity index (χ1) is 19.1. The first-order valence-corrected chi connectivity index (χ1v) is 14.7. The van der Waals surface area contributed by atoms with Crippen molar-refractivity contribution < 1.29 is 0 Å². The van der Waals surface area contributed by atoms with Crippen LogP contribution in [-0.2, 0) is 0 Å². The minimum absolute atomic E-state index is 0.0493. The second-order valence-electron chi connectivity index (χ2n) is 11.7. The lowest BCUT2D eigenvalue weighted by atomic mass is 9.82. The van der Waals surface area contributed by atoms with E-state index in [1.54, 1.807) is 0 Å². The van der Waals surface area contributed by atoms with Crippen LogP contribution in [0.15, 0.2) is 73.3 Å². The van der Waals surface area contributed by atoms with Gasteiger partial charge in [-0.25, -0.2) is 0 Å². The van der Waals surface area contributed by atoms with E-state index in [4.69, 9.17) is 4.99 Å². The van der Waals surface area contributed by atoms with Gasteiger partial charge >= 0.3 is 0 Å². The lowest BCUT2D eigenvalue weighted by Crippen LogP contribution is -2.29. The van der Waals surface area contributed by atoms with E-state index in [1.807, 2.05) is 32.1 Å². The Morgan fingerprint density at radius 3 is 2.55 bits per heavy atom. The zero-order chi connectivity index (χ0) is 29.4. The number of hydrogen-bond acceptors (Lipinski definition) is 2. The van der Waals surface area contributed by atoms with Gasteiger partial charge in [-0.05, 0) is 117 Å². The summed E-state index contributed by atoms with van der Waals surface area (Å²) >= 11 is 0. The molecule has 0 aliphatic heterocycles. The first-order valence-electron chi connectivity index (χ1n) is 14.7. The molecule has 2 aromatic carbocycles. The van der Waals surface area contributed by atoms with Gasteiger partial charge in [0.1, 0.15) is 5.84 Å². The van der Waals surface area contributed by atoms with Gasteiger partial charge in [-0.15, -0.1) is 6.58 Å². The maximum absolute atomic E-state index is 9.55. The van der Waals surface area contributed by atoms with Gasteiger partial charge < -0.3 is 5.32 Å². The summed E-state index contributed by atoms with van der Waals surface area (Å²) in [4.78, 5) is 4.92. The van der Waals surface area contributed by atoms with Crippen molar-refractivity contribution >= 4 is 17.0 Å². The zero-order valence-electron chi connectivity index (χ0n) is 25.4. The monoisotopic (exact) mass is 533 g/mol. The van der Waals surface area contributed by atoms with Crippen molar-refractivity contribution in [2.45, 2.75) is 79.2 Å². The van der Waals surface area contributed by atoms with Crippen LogP contribution in [0.25, 0.3) is 11.1 Å². The van der Waals surface area contributed by atoms with Crippen molar-refractivity contribution in [3.63, 3.8) is 0 Å². The number of rotatable bonds is 10. The normalized spacial score (nSPS) is 17.4. The predicted octanol–water partition coefficient (Wildman–Crippen LogP) is 9.67. The van der Waals surface area contributed by atoms with Crippen LogP contribution in [0.4, 0.5) is 0 Å². The smallest absolute Gasteiger partial charge is 0.129 e. The van der Waals surface area contributed by atoms with Crippen LogP contribution in [0.1, 0.15) is 104 Å². The van der Waals surface area contributed by atoms with Crippen molar-refractivity contribution in [3.05, 3.63) is 107 Å². The Morgan fingerprint density at radius 2 is 1.88 bits per heavy atom. The van der Waals surface area contributed by atoms with Gasteiger partial charge in [-0.3, -0.25) is 4.99 Å². The van der Waals surface area contributed by atoms with Crippen LogP contribution in [-0.4, -0.2) is 12.4 Å². The highest BCUT2D eigenvalue weighted by Gasteiger charge is 2.22.